The Morgan fingerprint density at radius 3 is 2.76 bits per heavy atom. The van der Waals surface area contributed by atoms with E-state index in [0.29, 0.717) is 16.2 Å². The molecule has 1 atom stereocenters. The summed E-state index contributed by atoms with van der Waals surface area (Å²) >= 11 is 6.32. The number of fused-ring (bicyclic) bond motifs is 3. The van der Waals surface area contributed by atoms with Crippen LogP contribution in [0, 0.1) is 0 Å². The Hall–Kier alpha value is -2.83. The maximum atomic E-state index is 12.1. The van der Waals surface area contributed by atoms with E-state index < -0.39 is 12.0 Å². The normalized spacial score (nSPS) is 13.9. The Morgan fingerprint density at radius 1 is 1.21 bits per heavy atom. The van der Waals surface area contributed by atoms with Crippen LogP contribution >= 0.6 is 11.6 Å². The van der Waals surface area contributed by atoms with Gasteiger partial charge in [0.05, 0.1) is 11.1 Å². The first kappa shape index (κ1) is 19.5. The van der Waals surface area contributed by atoms with Gasteiger partial charge in [-0.2, -0.15) is 0 Å². The molecule has 2 aromatic carbocycles. The minimum atomic E-state index is -0.805. The van der Waals surface area contributed by atoms with Gasteiger partial charge in [-0.25, -0.2) is 4.79 Å². The number of hydrogen-bond donors (Lipinski definition) is 2. The van der Waals surface area contributed by atoms with E-state index in [1.807, 2.05) is 18.2 Å². The summed E-state index contributed by atoms with van der Waals surface area (Å²) in [7, 11) is 0. The predicted octanol–water partition coefficient (Wildman–Crippen LogP) is 3.16. The van der Waals surface area contributed by atoms with E-state index >= 15 is 0 Å². The van der Waals surface area contributed by atoms with Crippen LogP contribution in [0.5, 0.6) is 5.75 Å². The van der Waals surface area contributed by atoms with Gasteiger partial charge >= 0.3 is 5.63 Å². The Morgan fingerprint density at radius 2 is 1.97 bits per heavy atom. The van der Waals surface area contributed by atoms with Gasteiger partial charge in [0.1, 0.15) is 11.3 Å². The standard InChI is InChI=1S/C22H20ClNO5/c23-17-9-16-14-7-4-8-15(14)22(27)29-19(16)10-20(17)28-12-21(26)24-11-18(25)13-5-2-1-3-6-13/h1-3,5-6,9-10,18,25H,4,7-8,11-12H2,(H,24,26)/t18-/m1/s1. The number of aryl methyl sites for hydroxylation is 1. The molecule has 0 fully saturated rings. The highest BCUT2D eigenvalue weighted by molar-refractivity contribution is 6.32. The zero-order valence-electron chi connectivity index (χ0n) is 15.6. The number of nitrogens with one attached hydrogen (secondary N) is 1. The lowest BCUT2D eigenvalue weighted by Crippen LogP contribution is -2.32. The highest BCUT2D eigenvalue weighted by atomic mass is 35.5. The third-order valence-electron chi connectivity index (χ3n) is 5.06. The lowest BCUT2D eigenvalue weighted by Gasteiger charge is -2.13. The number of amides is 1. The average molecular weight is 414 g/mol. The van der Waals surface area contributed by atoms with Crippen molar-refractivity contribution in [3.05, 3.63) is 74.6 Å². The molecule has 150 valence electrons. The number of carbonyl (C=O) groups excluding carboxylic acids is 1. The predicted molar refractivity (Wildman–Crippen MR) is 109 cm³/mol. The highest BCUT2D eigenvalue weighted by Gasteiger charge is 2.21. The number of halogens is 1. The summed E-state index contributed by atoms with van der Waals surface area (Å²) in [6.45, 7) is -0.208. The molecule has 1 aromatic heterocycles. The average Bonchev–Trinajstić information content (AvgIpc) is 3.23. The van der Waals surface area contributed by atoms with Crippen molar-refractivity contribution >= 4 is 28.5 Å². The fourth-order valence-electron chi connectivity index (χ4n) is 3.59. The van der Waals surface area contributed by atoms with Crippen LogP contribution in [0.3, 0.4) is 0 Å². The van der Waals surface area contributed by atoms with Gasteiger partial charge in [-0.3, -0.25) is 4.79 Å². The number of benzene rings is 2. The number of carbonyl (C=O) groups is 1. The number of ether oxygens (including phenoxy) is 1. The van der Waals surface area contributed by atoms with Gasteiger partial charge in [0.2, 0.25) is 0 Å². The summed E-state index contributed by atoms with van der Waals surface area (Å²) in [6.07, 6.45) is 1.66. The Bertz CT molecular complexity index is 1110. The molecule has 0 radical (unpaired) electrons. The smallest absolute Gasteiger partial charge is 0.339 e. The van der Waals surface area contributed by atoms with Crippen LogP contribution in [-0.2, 0) is 17.6 Å². The molecular formula is C22H20ClNO5. The maximum Gasteiger partial charge on any atom is 0.339 e. The van der Waals surface area contributed by atoms with E-state index in [9.17, 15) is 14.7 Å². The van der Waals surface area contributed by atoms with Gasteiger partial charge in [0.25, 0.3) is 5.91 Å². The molecule has 0 bridgehead atoms. The van der Waals surface area contributed by atoms with Crippen LogP contribution in [-0.4, -0.2) is 24.2 Å². The van der Waals surface area contributed by atoms with Crippen LogP contribution in [0.25, 0.3) is 11.0 Å². The summed E-state index contributed by atoms with van der Waals surface area (Å²) in [5, 5.41) is 13.9. The van der Waals surface area contributed by atoms with Crippen LogP contribution < -0.4 is 15.7 Å². The molecule has 0 saturated heterocycles. The van der Waals surface area contributed by atoms with E-state index in [0.717, 1.165) is 35.8 Å². The van der Waals surface area contributed by atoms with Crippen LogP contribution in [0.2, 0.25) is 5.02 Å². The first-order chi connectivity index (χ1) is 14.0. The molecule has 0 aliphatic heterocycles. The van der Waals surface area contributed by atoms with E-state index in [1.165, 1.54) is 0 Å². The van der Waals surface area contributed by atoms with Crippen LogP contribution in [0.1, 0.15) is 29.2 Å². The summed E-state index contributed by atoms with van der Waals surface area (Å²) in [5.74, 6) is -0.134. The quantitative estimate of drug-likeness (QED) is 0.606. The maximum absolute atomic E-state index is 12.1. The SMILES string of the molecule is O=C(COc1cc2oc(=O)c3c(c2cc1Cl)CCC3)NC[C@@H](O)c1ccccc1. The third-order valence-corrected chi connectivity index (χ3v) is 5.36. The molecule has 0 saturated carbocycles. The third kappa shape index (κ3) is 4.13. The van der Waals surface area contributed by atoms with E-state index in [2.05, 4.69) is 5.32 Å². The molecule has 4 rings (SSSR count). The van der Waals surface area contributed by atoms with Gasteiger partial charge in [-0.05, 0) is 36.5 Å². The van der Waals surface area contributed by atoms with Gasteiger partial charge in [-0.1, -0.05) is 41.9 Å². The molecular weight excluding hydrogens is 394 g/mol. The van der Waals surface area contributed by atoms with Crippen molar-refractivity contribution in [2.45, 2.75) is 25.4 Å². The molecule has 0 unspecified atom stereocenters. The minimum Gasteiger partial charge on any atom is -0.482 e. The Balaban J connectivity index is 1.42. The van der Waals surface area contributed by atoms with Crippen molar-refractivity contribution in [3.8, 4) is 5.75 Å². The molecule has 6 nitrogen and oxygen atoms in total. The number of hydrogen-bond acceptors (Lipinski definition) is 5. The number of aliphatic hydroxyl groups excluding tert-OH is 1. The van der Waals surface area contributed by atoms with Gasteiger partial charge in [-0.15, -0.1) is 0 Å². The molecule has 1 amide bonds. The van der Waals surface area contributed by atoms with E-state index in [1.54, 1.807) is 24.3 Å². The fraction of sp³-hybridized carbons (Fsp3) is 0.273. The Labute approximate surface area is 172 Å². The van der Waals surface area contributed by atoms with Gasteiger partial charge in [0, 0.05) is 23.6 Å². The first-order valence-electron chi connectivity index (χ1n) is 9.43. The van der Waals surface area contributed by atoms with E-state index in [-0.39, 0.29) is 24.5 Å². The Kier molecular flexibility index (Phi) is 5.56. The number of rotatable bonds is 6. The molecule has 3 aromatic rings. The van der Waals surface area contributed by atoms with Crippen molar-refractivity contribution in [1.82, 2.24) is 5.32 Å². The highest BCUT2D eigenvalue weighted by Crippen LogP contribution is 2.34. The van der Waals surface area contributed by atoms with Crippen molar-refractivity contribution in [1.29, 1.82) is 0 Å². The lowest BCUT2D eigenvalue weighted by atomic mass is 10.1. The van der Waals surface area contributed by atoms with Gasteiger partial charge < -0.3 is 19.6 Å². The molecule has 1 heterocycles. The van der Waals surface area contributed by atoms with Crippen LogP contribution in [0.15, 0.2) is 51.7 Å². The second-order valence-corrected chi connectivity index (χ2v) is 7.41. The zero-order valence-corrected chi connectivity index (χ0v) is 16.4. The topological polar surface area (TPSA) is 88.8 Å². The molecule has 7 heteroatoms. The molecule has 2 N–H and O–H groups in total. The lowest BCUT2D eigenvalue weighted by molar-refractivity contribution is -0.123. The van der Waals surface area contributed by atoms with Crippen molar-refractivity contribution < 1.29 is 19.1 Å². The summed E-state index contributed by atoms with van der Waals surface area (Å²) in [6, 6.07) is 12.3. The van der Waals surface area contributed by atoms with Gasteiger partial charge in [0.15, 0.2) is 6.61 Å². The van der Waals surface area contributed by atoms with E-state index in [4.69, 9.17) is 20.8 Å². The number of aliphatic hydroxyl groups is 1. The zero-order chi connectivity index (χ0) is 20.4. The second-order valence-electron chi connectivity index (χ2n) is 7.00. The second kappa shape index (κ2) is 8.27. The van der Waals surface area contributed by atoms with Crippen molar-refractivity contribution in [2.24, 2.45) is 0 Å². The summed E-state index contributed by atoms with van der Waals surface area (Å²) in [5.41, 5.74) is 2.49. The molecule has 29 heavy (non-hydrogen) atoms. The minimum absolute atomic E-state index is 0.0681. The van der Waals surface area contributed by atoms with Crippen molar-refractivity contribution in [2.75, 3.05) is 13.2 Å². The first-order valence-corrected chi connectivity index (χ1v) is 9.81. The summed E-state index contributed by atoms with van der Waals surface area (Å²) < 4.78 is 10.9. The van der Waals surface area contributed by atoms with Crippen LogP contribution in [0.4, 0.5) is 0 Å². The monoisotopic (exact) mass is 413 g/mol. The van der Waals surface area contributed by atoms with Crippen molar-refractivity contribution in [3.63, 3.8) is 0 Å². The summed E-state index contributed by atoms with van der Waals surface area (Å²) in [4.78, 5) is 24.2. The molecule has 0 spiro atoms. The molecule has 1 aliphatic carbocycles. The fourth-order valence-corrected chi connectivity index (χ4v) is 3.81. The largest absolute Gasteiger partial charge is 0.482 e. The molecule has 1 aliphatic rings.